The summed E-state index contributed by atoms with van der Waals surface area (Å²) in [4.78, 5) is 33.2. The molecule has 168 valence electrons. The van der Waals surface area contributed by atoms with Crippen molar-refractivity contribution in [2.75, 3.05) is 9.96 Å². The van der Waals surface area contributed by atoms with E-state index in [9.17, 15) is 27.2 Å². The van der Waals surface area contributed by atoms with Crippen molar-refractivity contribution in [2.24, 2.45) is 5.92 Å². The highest BCUT2D eigenvalue weighted by molar-refractivity contribution is 6.24. The number of alkyl halides is 3. The van der Waals surface area contributed by atoms with Crippen LogP contribution in [0.1, 0.15) is 17.2 Å². The Balaban J connectivity index is 1.59. The van der Waals surface area contributed by atoms with Crippen LogP contribution in [0.25, 0.3) is 0 Å². The lowest BCUT2D eigenvalue weighted by Crippen LogP contribution is -2.37. The van der Waals surface area contributed by atoms with Gasteiger partial charge in [0.05, 0.1) is 23.0 Å². The van der Waals surface area contributed by atoms with Gasteiger partial charge in [0.1, 0.15) is 11.7 Å². The van der Waals surface area contributed by atoms with Gasteiger partial charge in [0, 0.05) is 5.56 Å². The van der Waals surface area contributed by atoms with Gasteiger partial charge in [0.25, 0.3) is 5.91 Å². The number of halogens is 4. The second-order valence-corrected chi connectivity index (χ2v) is 7.74. The molecule has 5 rings (SSSR count). The number of hydrogen-bond acceptors (Lipinski definition) is 4. The first-order chi connectivity index (χ1) is 15.8. The lowest BCUT2D eigenvalue weighted by Gasteiger charge is -2.29. The van der Waals surface area contributed by atoms with Gasteiger partial charge < -0.3 is 0 Å². The minimum atomic E-state index is -4.64. The molecule has 3 aromatic carbocycles. The van der Waals surface area contributed by atoms with Crippen LogP contribution < -0.4 is 9.96 Å². The summed E-state index contributed by atoms with van der Waals surface area (Å²) >= 11 is 0. The molecule has 2 aliphatic heterocycles. The third kappa shape index (κ3) is 3.45. The molecule has 0 bridgehead atoms. The molecule has 2 aliphatic rings. The van der Waals surface area contributed by atoms with E-state index in [1.165, 1.54) is 29.3 Å². The number of imide groups is 1. The summed E-state index contributed by atoms with van der Waals surface area (Å²) in [6, 6.07) is 17.4. The van der Waals surface area contributed by atoms with E-state index < -0.39 is 47.4 Å². The molecule has 9 heteroatoms. The van der Waals surface area contributed by atoms with Gasteiger partial charge in [-0.3, -0.25) is 14.4 Å². The van der Waals surface area contributed by atoms with Gasteiger partial charge in [-0.25, -0.2) is 14.4 Å². The Morgan fingerprint density at radius 3 is 2.15 bits per heavy atom. The van der Waals surface area contributed by atoms with Crippen LogP contribution in [0.5, 0.6) is 0 Å². The van der Waals surface area contributed by atoms with Crippen molar-refractivity contribution >= 4 is 23.2 Å². The minimum Gasteiger partial charge on any atom is -0.273 e. The SMILES string of the molecule is O=C1[C@@H]2[C@H](ON(c3ccccc3)[C@@H]2c2ccccc2F)C(=O)N1c1cccc(C(F)(F)F)c1. The van der Waals surface area contributed by atoms with E-state index >= 15 is 0 Å². The van der Waals surface area contributed by atoms with E-state index in [0.29, 0.717) is 10.6 Å². The van der Waals surface area contributed by atoms with Crippen LogP contribution in [0.3, 0.4) is 0 Å². The van der Waals surface area contributed by atoms with Gasteiger partial charge >= 0.3 is 6.18 Å². The summed E-state index contributed by atoms with van der Waals surface area (Å²) in [5.74, 6) is -3.30. The van der Waals surface area contributed by atoms with E-state index in [0.717, 1.165) is 18.2 Å². The molecular formula is C24H16F4N2O3. The largest absolute Gasteiger partial charge is 0.416 e. The Kier molecular flexibility index (Phi) is 4.93. The van der Waals surface area contributed by atoms with Crippen LogP contribution in [0.15, 0.2) is 78.9 Å². The van der Waals surface area contributed by atoms with Gasteiger partial charge in [-0.05, 0) is 36.4 Å². The number of hydrogen-bond donors (Lipinski definition) is 0. The number of hydroxylamine groups is 1. The van der Waals surface area contributed by atoms with Crippen molar-refractivity contribution in [1.29, 1.82) is 0 Å². The smallest absolute Gasteiger partial charge is 0.273 e. The quantitative estimate of drug-likeness (QED) is 0.416. The summed E-state index contributed by atoms with van der Waals surface area (Å²) in [6.07, 6.45) is -5.95. The van der Waals surface area contributed by atoms with E-state index in [-0.39, 0.29) is 11.3 Å². The third-order valence-electron chi connectivity index (χ3n) is 5.78. The molecule has 3 atom stereocenters. The molecule has 0 aromatic heterocycles. The second-order valence-electron chi connectivity index (χ2n) is 7.74. The van der Waals surface area contributed by atoms with E-state index in [2.05, 4.69) is 0 Å². The number of anilines is 2. The molecular weight excluding hydrogens is 440 g/mol. The summed E-state index contributed by atoms with van der Waals surface area (Å²) in [6.45, 7) is 0. The standard InChI is InChI=1S/C24H16F4N2O3/c25-18-12-5-4-11-17(18)20-19-21(33-30(20)15-8-2-1-3-9-15)23(32)29(22(19)31)16-10-6-7-14(13-16)24(26,27)28/h1-13,19-21H/t19-,20+,21-/m0/s1. The highest BCUT2D eigenvalue weighted by atomic mass is 19.4. The Hall–Kier alpha value is -3.72. The monoisotopic (exact) mass is 456 g/mol. The maximum absolute atomic E-state index is 14.8. The third-order valence-corrected chi connectivity index (χ3v) is 5.78. The average molecular weight is 456 g/mol. The normalized spacial score (nSPS) is 22.7. The average Bonchev–Trinajstić information content (AvgIpc) is 3.30. The molecule has 0 saturated carbocycles. The fraction of sp³-hybridized carbons (Fsp3) is 0.167. The minimum absolute atomic E-state index is 0.140. The Labute approximate surface area is 185 Å². The van der Waals surface area contributed by atoms with Gasteiger partial charge in [0.2, 0.25) is 5.91 Å². The van der Waals surface area contributed by atoms with Crippen molar-refractivity contribution in [3.05, 3.63) is 95.8 Å². The maximum atomic E-state index is 14.8. The summed E-state index contributed by atoms with van der Waals surface area (Å²) < 4.78 is 54.4. The summed E-state index contributed by atoms with van der Waals surface area (Å²) in [5, 5.41) is 1.33. The summed E-state index contributed by atoms with van der Waals surface area (Å²) in [5.41, 5.74) is -0.557. The number of para-hydroxylation sites is 1. The number of rotatable bonds is 3. The molecule has 0 unspecified atom stereocenters. The van der Waals surface area contributed by atoms with Gasteiger partial charge in [0.15, 0.2) is 6.10 Å². The lowest BCUT2D eigenvalue weighted by atomic mass is 9.90. The van der Waals surface area contributed by atoms with Crippen LogP contribution in [0, 0.1) is 11.7 Å². The van der Waals surface area contributed by atoms with Crippen molar-refractivity contribution in [3.8, 4) is 0 Å². The van der Waals surface area contributed by atoms with Crippen LogP contribution in [0.2, 0.25) is 0 Å². The highest BCUT2D eigenvalue weighted by Gasteiger charge is 2.60. The first kappa shape index (κ1) is 21.1. The zero-order valence-corrected chi connectivity index (χ0v) is 16.9. The molecule has 0 radical (unpaired) electrons. The highest BCUT2D eigenvalue weighted by Crippen LogP contribution is 2.48. The van der Waals surface area contributed by atoms with Crippen molar-refractivity contribution < 1.29 is 32.0 Å². The number of carbonyl (C=O) groups is 2. The molecule has 0 spiro atoms. The number of benzene rings is 3. The van der Waals surface area contributed by atoms with Gasteiger partial charge in [-0.1, -0.05) is 42.5 Å². The second kappa shape index (κ2) is 7.70. The molecule has 0 aliphatic carbocycles. The molecule has 33 heavy (non-hydrogen) atoms. The van der Waals surface area contributed by atoms with Crippen LogP contribution in [-0.2, 0) is 20.6 Å². The number of nitrogens with zero attached hydrogens (tertiary/aromatic N) is 2. The van der Waals surface area contributed by atoms with Crippen LogP contribution in [-0.4, -0.2) is 17.9 Å². The molecule has 5 nitrogen and oxygen atoms in total. The fourth-order valence-electron chi connectivity index (χ4n) is 4.32. The van der Waals surface area contributed by atoms with Crippen molar-refractivity contribution in [1.82, 2.24) is 0 Å². The van der Waals surface area contributed by atoms with E-state index in [1.807, 2.05) is 0 Å². The Morgan fingerprint density at radius 2 is 1.45 bits per heavy atom. The number of fused-ring (bicyclic) bond motifs is 1. The first-order valence-electron chi connectivity index (χ1n) is 10.1. The Bertz CT molecular complexity index is 1230. The molecule has 2 saturated heterocycles. The molecule has 3 aromatic rings. The first-order valence-corrected chi connectivity index (χ1v) is 10.1. The van der Waals surface area contributed by atoms with Crippen LogP contribution >= 0.6 is 0 Å². The molecule has 0 N–H and O–H groups in total. The molecule has 2 heterocycles. The van der Waals surface area contributed by atoms with Crippen molar-refractivity contribution in [2.45, 2.75) is 18.3 Å². The zero-order chi connectivity index (χ0) is 23.3. The topological polar surface area (TPSA) is 49.9 Å². The van der Waals surface area contributed by atoms with E-state index in [4.69, 9.17) is 4.84 Å². The molecule has 2 fully saturated rings. The predicted octanol–water partition coefficient (Wildman–Crippen LogP) is 4.90. The summed E-state index contributed by atoms with van der Waals surface area (Å²) in [7, 11) is 0. The van der Waals surface area contributed by atoms with Gasteiger partial charge in [-0.2, -0.15) is 13.2 Å². The van der Waals surface area contributed by atoms with Crippen molar-refractivity contribution in [3.63, 3.8) is 0 Å². The van der Waals surface area contributed by atoms with Gasteiger partial charge in [-0.15, -0.1) is 0 Å². The lowest BCUT2D eigenvalue weighted by molar-refractivity contribution is -0.137. The van der Waals surface area contributed by atoms with E-state index in [1.54, 1.807) is 36.4 Å². The zero-order valence-electron chi connectivity index (χ0n) is 16.9. The molecule has 2 amide bonds. The maximum Gasteiger partial charge on any atom is 0.416 e. The number of amides is 2. The van der Waals surface area contributed by atoms with Crippen LogP contribution in [0.4, 0.5) is 28.9 Å². The predicted molar refractivity (Wildman–Crippen MR) is 110 cm³/mol. The fourth-order valence-corrected chi connectivity index (χ4v) is 4.32. The Morgan fingerprint density at radius 1 is 0.788 bits per heavy atom. The number of carbonyl (C=O) groups excluding carboxylic acids is 2.